The normalized spacial score (nSPS) is 13.8. The van der Waals surface area contributed by atoms with Crippen molar-refractivity contribution in [3.63, 3.8) is 0 Å². The van der Waals surface area contributed by atoms with Gasteiger partial charge < -0.3 is 16.0 Å². The summed E-state index contributed by atoms with van der Waals surface area (Å²) in [6.45, 7) is 0.00309. The maximum absolute atomic E-state index is 11.7. The molecule has 1 fully saturated rings. The number of aromatic nitrogens is 1. The van der Waals surface area contributed by atoms with Gasteiger partial charge in [0.1, 0.15) is 5.82 Å². The van der Waals surface area contributed by atoms with Crippen LogP contribution in [0.5, 0.6) is 0 Å². The van der Waals surface area contributed by atoms with E-state index in [0.717, 1.165) is 12.8 Å². The standard InChI is InChI=1S/C12H16N4O2/c1-13-10-5-2-8(6-14-10)12(18)15-7-11(17)16-9-3-4-9/h2,5-6,9H,3-4,7H2,1H3,(H,13,14)(H,15,18)(H,16,17). The predicted molar refractivity (Wildman–Crippen MR) is 67.3 cm³/mol. The molecule has 3 N–H and O–H groups in total. The number of hydrogen-bond acceptors (Lipinski definition) is 4. The minimum Gasteiger partial charge on any atom is -0.373 e. The first-order chi connectivity index (χ1) is 8.69. The molecule has 6 nitrogen and oxygen atoms in total. The molecule has 0 unspecified atom stereocenters. The number of nitrogens with one attached hydrogen (secondary N) is 3. The molecule has 1 aliphatic rings. The van der Waals surface area contributed by atoms with Crippen molar-refractivity contribution < 1.29 is 9.59 Å². The molecular formula is C12H16N4O2. The van der Waals surface area contributed by atoms with Gasteiger partial charge in [-0.15, -0.1) is 0 Å². The van der Waals surface area contributed by atoms with Crippen LogP contribution in [-0.2, 0) is 4.79 Å². The van der Waals surface area contributed by atoms with E-state index in [9.17, 15) is 9.59 Å². The van der Waals surface area contributed by atoms with E-state index in [0.29, 0.717) is 17.4 Å². The van der Waals surface area contributed by atoms with Gasteiger partial charge in [-0.2, -0.15) is 0 Å². The fourth-order valence-electron chi connectivity index (χ4n) is 1.45. The molecule has 2 amide bonds. The van der Waals surface area contributed by atoms with Gasteiger partial charge in [0.15, 0.2) is 0 Å². The molecule has 0 spiro atoms. The third-order valence-electron chi connectivity index (χ3n) is 2.63. The fraction of sp³-hybridized carbons (Fsp3) is 0.417. The molecule has 0 aliphatic heterocycles. The van der Waals surface area contributed by atoms with E-state index in [1.807, 2.05) is 0 Å². The van der Waals surface area contributed by atoms with E-state index < -0.39 is 0 Å². The zero-order valence-electron chi connectivity index (χ0n) is 10.2. The van der Waals surface area contributed by atoms with Gasteiger partial charge in [-0.1, -0.05) is 0 Å². The molecule has 1 aromatic rings. The second kappa shape index (κ2) is 5.48. The molecule has 6 heteroatoms. The molecule has 1 saturated carbocycles. The molecule has 0 saturated heterocycles. The van der Waals surface area contributed by atoms with E-state index in [2.05, 4.69) is 20.9 Å². The van der Waals surface area contributed by atoms with Crippen LogP contribution in [0.15, 0.2) is 18.3 Å². The van der Waals surface area contributed by atoms with Crippen LogP contribution in [0.2, 0.25) is 0 Å². The predicted octanol–water partition coefficient (Wildman–Crippen LogP) is 0.132. The van der Waals surface area contributed by atoms with Gasteiger partial charge in [0.2, 0.25) is 5.91 Å². The number of hydrogen-bond donors (Lipinski definition) is 3. The van der Waals surface area contributed by atoms with Crippen molar-refractivity contribution in [1.82, 2.24) is 15.6 Å². The van der Waals surface area contributed by atoms with Crippen LogP contribution in [0, 0.1) is 0 Å². The van der Waals surface area contributed by atoms with Crippen molar-refractivity contribution in [1.29, 1.82) is 0 Å². The summed E-state index contributed by atoms with van der Waals surface area (Å²) in [5.41, 5.74) is 0.438. The van der Waals surface area contributed by atoms with Crippen molar-refractivity contribution >= 4 is 17.6 Å². The van der Waals surface area contributed by atoms with Gasteiger partial charge in [0, 0.05) is 19.3 Å². The third kappa shape index (κ3) is 3.44. The van der Waals surface area contributed by atoms with Crippen LogP contribution < -0.4 is 16.0 Å². The van der Waals surface area contributed by atoms with Crippen LogP contribution in [0.4, 0.5) is 5.82 Å². The fourth-order valence-corrected chi connectivity index (χ4v) is 1.45. The molecule has 1 aromatic heterocycles. The van der Waals surface area contributed by atoms with Gasteiger partial charge in [-0.05, 0) is 25.0 Å². The van der Waals surface area contributed by atoms with Gasteiger partial charge in [0.25, 0.3) is 5.91 Å². The molecule has 18 heavy (non-hydrogen) atoms. The molecule has 0 atom stereocenters. The quantitative estimate of drug-likeness (QED) is 0.691. The Balaban J connectivity index is 1.80. The first-order valence-electron chi connectivity index (χ1n) is 5.90. The van der Waals surface area contributed by atoms with E-state index in [1.165, 1.54) is 6.20 Å². The third-order valence-corrected chi connectivity index (χ3v) is 2.63. The molecule has 1 heterocycles. The van der Waals surface area contributed by atoms with Gasteiger partial charge in [-0.25, -0.2) is 4.98 Å². The van der Waals surface area contributed by atoms with Gasteiger partial charge in [0.05, 0.1) is 12.1 Å². The average Bonchev–Trinajstić information content (AvgIpc) is 3.20. The first-order valence-corrected chi connectivity index (χ1v) is 5.90. The Morgan fingerprint density at radius 1 is 1.39 bits per heavy atom. The summed E-state index contributed by atoms with van der Waals surface area (Å²) in [5.74, 6) is 0.250. The highest BCUT2D eigenvalue weighted by Gasteiger charge is 2.23. The highest BCUT2D eigenvalue weighted by molar-refractivity contribution is 5.96. The minimum absolute atomic E-state index is 0.00309. The summed E-state index contributed by atoms with van der Waals surface area (Å²) in [5, 5.41) is 8.22. The zero-order chi connectivity index (χ0) is 13.0. The molecule has 0 bridgehead atoms. The van der Waals surface area contributed by atoms with Crippen molar-refractivity contribution in [3.05, 3.63) is 23.9 Å². The monoisotopic (exact) mass is 248 g/mol. The summed E-state index contributed by atoms with van der Waals surface area (Å²) in [6, 6.07) is 3.68. The van der Waals surface area contributed by atoms with Crippen LogP contribution in [-0.4, -0.2) is 36.4 Å². The van der Waals surface area contributed by atoms with E-state index >= 15 is 0 Å². The zero-order valence-corrected chi connectivity index (χ0v) is 10.2. The second-order valence-electron chi connectivity index (χ2n) is 4.21. The van der Waals surface area contributed by atoms with Gasteiger partial charge in [-0.3, -0.25) is 9.59 Å². The van der Waals surface area contributed by atoms with E-state index in [-0.39, 0.29) is 18.4 Å². The van der Waals surface area contributed by atoms with E-state index in [4.69, 9.17) is 0 Å². The largest absolute Gasteiger partial charge is 0.373 e. The number of amides is 2. The molecule has 2 rings (SSSR count). The Labute approximate surface area is 105 Å². The minimum atomic E-state index is -0.295. The lowest BCUT2D eigenvalue weighted by Gasteiger charge is -2.06. The lowest BCUT2D eigenvalue weighted by atomic mass is 10.2. The Bertz CT molecular complexity index is 440. The van der Waals surface area contributed by atoms with Crippen LogP contribution in [0.25, 0.3) is 0 Å². The summed E-state index contributed by atoms with van der Waals surface area (Å²) in [6.07, 6.45) is 3.55. The van der Waals surface area contributed by atoms with Crippen LogP contribution in [0.1, 0.15) is 23.2 Å². The maximum atomic E-state index is 11.7. The maximum Gasteiger partial charge on any atom is 0.253 e. The summed E-state index contributed by atoms with van der Waals surface area (Å²) >= 11 is 0. The Kier molecular flexibility index (Phi) is 3.76. The van der Waals surface area contributed by atoms with Crippen molar-refractivity contribution in [2.75, 3.05) is 18.9 Å². The van der Waals surface area contributed by atoms with Crippen LogP contribution >= 0.6 is 0 Å². The Morgan fingerprint density at radius 3 is 2.72 bits per heavy atom. The van der Waals surface area contributed by atoms with Crippen molar-refractivity contribution in [3.8, 4) is 0 Å². The average molecular weight is 248 g/mol. The number of nitrogens with zero attached hydrogens (tertiary/aromatic N) is 1. The second-order valence-corrected chi connectivity index (χ2v) is 4.21. The first kappa shape index (κ1) is 12.3. The summed E-state index contributed by atoms with van der Waals surface area (Å²) in [7, 11) is 1.75. The molecule has 1 aliphatic carbocycles. The lowest BCUT2D eigenvalue weighted by Crippen LogP contribution is -2.37. The molecule has 0 radical (unpaired) electrons. The Morgan fingerprint density at radius 2 is 2.17 bits per heavy atom. The van der Waals surface area contributed by atoms with E-state index in [1.54, 1.807) is 19.2 Å². The summed E-state index contributed by atoms with van der Waals surface area (Å²) < 4.78 is 0. The lowest BCUT2D eigenvalue weighted by molar-refractivity contribution is -0.120. The van der Waals surface area contributed by atoms with Gasteiger partial charge >= 0.3 is 0 Å². The smallest absolute Gasteiger partial charge is 0.253 e. The van der Waals surface area contributed by atoms with Crippen molar-refractivity contribution in [2.45, 2.75) is 18.9 Å². The van der Waals surface area contributed by atoms with Crippen LogP contribution in [0.3, 0.4) is 0 Å². The number of carbonyl (C=O) groups excluding carboxylic acids is 2. The molecular weight excluding hydrogens is 232 g/mol. The number of pyridine rings is 1. The number of rotatable bonds is 5. The molecule has 96 valence electrons. The number of anilines is 1. The number of carbonyl (C=O) groups is 2. The highest BCUT2D eigenvalue weighted by atomic mass is 16.2. The van der Waals surface area contributed by atoms with Crippen molar-refractivity contribution in [2.24, 2.45) is 0 Å². The Hall–Kier alpha value is -2.11. The SMILES string of the molecule is CNc1ccc(C(=O)NCC(=O)NC2CC2)cn1. The molecule has 0 aromatic carbocycles. The summed E-state index contributed by atoms with van der Waals surface area (Å²) in [4.78, 5) is 27.1. The topological polar surface area (TPSA) is 83.1 Å². The highest BCUT2D eigenvalue weighted by Crippen LogP contribution is 2.18.